The van der Waals surface area contributed by atoms with Gasteiger partial charge < -0.3 is 4.74 Å². The first-order valence-corrected chi connectivity index (χ1v) is 4.57. The lowest BCUT2D eigenvalue weighted by molar-refractivity contribution is 0.0196. The van der Waals surface area contributed by atoms with Crippen molar-refractivity contribution in [2.45, 2.75) is 44.9 Å². The maximum absolute atomic E-state index is 5.66. The van der Waals surface area contributed by atoms with Gasteiger partial charge in [-0.3, -0.25) is 5.32 Å². The zero-order valence-electron chi connectivity index (χ0n) is 7.80. The Morgan fingerprint density at radius 2 is 2.00 bits per heavy atom. The van der Waals surface area contributed by atoms with Gasteiger partial charge in [0, 0.05) is 5.54 Å². The highest BCUT2D eigenvalue weighted by atomic mass is 35.5. The van der Waals surface area contributed by atoms with Crippen molar-refractivity contribution in [3.05, 3.63) is 0 Å². The number of hydrogen-bond acceptors (Lipinski definition) is 2. The summed E-state index contributed by atoms with van der Waals surface area (Å²) in [7, 11) is 0. The topological polar surface area (TPSA) is 21.3 Å². The first-order valence-electron chi connectivity index (χ1n) is 4.57. The van der Waals surface area contributed by atoms with Crippen molar-refractivity contribution in [3.63, 3.8) is 0 Å². The molecular formula is C9H18ClNO. The van der Waals surface area contributed by atoms with Gasteiger partial charge in [0.25, 0.3) is 0 Å². The monoisotopic (exact) mass is 191 g/mol. The van der Waals surface area contributed by atoms with Gasteiger partial charge in [-0.2, -0.15) is 0 Å². The Bertz CT molecular complexity index is 157. The van der Waals surface area contributed by atoms with Crippen LogP contribution in [0, 0.1) is 5.92 Å². The maximum atomic E-state index is 5.66. The summed E-state index contributed by atoms with van der Waals surface area (Å²) < 4.78 is 5.66. The van der Waals surface area contributed by atoms with Crippen molar-refractivity contribution in [1.29, 1.82) is 0 Å². The lowest BCUT2D eigenvalue weighted by Crippen LogP contribution is -2.43. The van der Waals surface area contributed by atoms with E-state index in [2.05, 4.69) is 19.2 Å². The molecule has 72 valence electrons. The molecule has 2 rings (SSSR count). The van der Waals surface area contributed by atoms with Gasteiger partial charge in [-0.1, -0.05) is 6.42 Å². The molecule has 0 aromatic heterocycles. The highest BCUT2D eigenvalue weighted by Crippen LogP contribution is 2.33. The SMILES string of the molecule is CC1(C)COC(C2CCC2)N1.Cl. The zero-order valence-corrected chi connectivity index (χ0v) is 8.62. The summed E-state index contributed by atoms with van der Waals surface area (Å²) in [6, 6.07) is 0. The van der Waals surface area contributed by atoms with Crippen LogP contribution in [0.5, 0.6) is 0 Å². The van der Waals surface area contributed by atoms with Crippen LogP contribution in [0.1, 0.15) is 33.1 Å². The highest BCUT2D eigenvalue weighted by Gasteiger charge is 2.37. The predicted octanol–water partition coefficient (Wildman–Crippen LogP) is 1.93. The summed E-state index contributed by atoms with van der Waals surface area (Å²) >= 11 is 0. The second-order valence-electron chi connectivity index (χ2n) is 4.45. The van der Waals surface area contributed by atoms with E-state index in [1.165, 1.54) is 19.3 Å². The number of halogens is 1. The Morgan fingerprint density at radius 3 is 2.33 bits per heavy atom. The lowest BCUT2D eigenvalue weighted by Gasteiger charge is -2.31. The van der Waals surface area contributed by atoms with Crippen molar-refractivity contribution in [3.8, 4) is 0 Å². The van der Waals surface area contributed by atoms with Crippen LogP contribution in [-0.2, 0) is 4.74 Å². The average Bonchev–Trinajstić information content (AvgIpc) is 2.05. The third kappa shape index (κ3) is 1.93. The van der Waals surface area contributed by atoms with E-state index in [1.807, 2.05) is 0 Å². The fourth-order valence-electron chi connectivity index (χ4n) is 1.76. The summed E-state index contributed by atoms with van der Waals surface area (Å²) in [6.45, 7) is 5.27. The van der Waals surface area contributed by atoms with E-state index in [-0.39, 0.29) is 17.9 Å². The molecule has 1 aliphatic carbocycles. The molecule has 2 fully saturated rings. The number of ether oxygens (including phenoxy) is 1. The summed E-state index contributed by atoms with van der Waals surface area (Å²) in [6.07, 6.45) is 4.47. The molecule has 2 aliphatic rings. The Kier molecular flexibility index (Phi) is 3.02. The van der Waals surface area contributed by atoms with Crippen LogP contribution in [0.2, 0.25) is 0 Å². The summed E-state index contributed by atoms with van der Waals surface area (Å²) in [4.78, 5) is 0. The standard InChI is InChI=1S/C9H17NO.ClH/c1-9(2)6-11-8(10-9)7-4-3-5-7;/h7-8,10H,3-6H2,1-2H3;1H. The zero-order chi connectivity index (χ0) is 7.90. The van der Waals surface area contributed by atoms with Crippen LogP contribution in [-0.4, -0.2) is 18.4 Å². The van der Waals surface area contributed by atoms with E-state index in [0.29, 0.717) is 6.23 Å². The van der Waals surface area contributed by atoms with Crippen molar-refractivity contribution in [1.82, 2.24) is 5.32 Å². The molecule has 1 aliphatic heterocycles. The largest absolute Gasteiger partial charge is 0.361 e. The van der Waals surface area contributed by atoms with E-state index < -0.39 is 0 Å². The van der Waals surface area contributed by atoms with Gasteiger partial charge in [-0.05, 0) is 32.6 Å². The minimum atomic E-state index is 0. The fourth-order valence-corrected chi connectivity index (χ4v) is 1.76. The molecule has 12 heavy (non-hydrogen) atoms. The van der Waals surface area contributed by atoms with Crippen LogP contribution < -0.4 is 5.32 Å². The first kappa shape index (κ1) is 10.3. The second kappa shape index (κ2) is 3.52. The molecule has 3 heteroatoms. The molecule has 1 N–H and O–H groups in total. The molecule has 0 bridgehead atoms. The Balaban J connectivity index is 0.000000720. The molecular weight excluding hydrogens is 174 g/mol. The normalized spacial score (nSPS) is 34.0. The van der Waals surface area contributed by atoms with Gasteiger partial charge >= 0.3 is 0 Å². The fraction of sp³-hybridized carbons (Fsp3) is 1.00. The molecule has 0 spiro atoms. The third-order valence-corrected chi connectivity index (χ3v) is 2.73. The quantitative estimate of drug-likeness (QED) is 0.684. The Morgan fingerprint density at radius 1 is 1.33 bits per heavy atom. The smallest absolute Gasteiger partial charge is 0.111 e. The molecule has 1 heterocycles. The molecule has 1 atom stereocenters. The number of rotatable bonds is 1. The summed E-state index contributed by atoms with van der Waals surface area (Å²) in [5.41, 5.74) is 0.209. The molecule has 1 unspecified atom stereocenters. The summed E-state index contributed by atoms with van der Waals surface area (Å²) in [5, 5.41) is 3.51. The minimum absolute atomic E-state index is 0. The predicted molar refractivity (Wildman–Crippen MR) is 51.5 cm³/mol. The van der Waals surface area contributed by atoms with E-state index >= 15 is 0 Å². The third-order valence-electron chi connectivity index (χ3n) is 2.73. The minimum Gasteiger partial charge on any atom is -0.361 e. The van der Waals surface area contributed by atoms with Gasteiger partial charge in [-0.15, -0.1) is 12.4 Å². The van der Waals surface area contributed by atoms with Gasteiger partial charge in [0.05, 0.1) is 6.61 Å². The van der Waals surface area contributed by atoms with Gasteiger partial charge in [-0.25, -0.2) is 0 Å². The van der Waals surface area contributed by atoms with Crippen molar-refractivity contribution >= 4 is 12.4 Å². The van der Waals surface area contributed by atoms with Crippen LogP contribution in [0.4, 0.5) is 0 Å². The van der Waals surface area contributed by atoms with E-state index in [0.717, 1.165) is 12.5 Å². The van der Waals surface area contributed by atoms with Crippen molar-refractivity contribution in [2.75, 3.05) is 6.61 Å². The van der Waals surface area contributed by atoms with Crippen LogP contribution in [0.3, 0.4) is 0 Å². The van der Waals surface area contributed by atoms with Gasteiger partial charge in [0.2, 0.25) is 0 Å². The Labute approximate surface area is 80.5 Å². The van der Waals surface area contributed by atoms with E-state index in [9.17, 15) is 0 Å². The van der Waals surface area contributed by atoms with Gasteiger partial charge in [0.15, 0.2) is 0 Å². The molecule has 0 amide bonds. The van der Waals surface area contributed by atoms with Gasteiger partial charge in [0.1, 0.15) is 6.23 Å². The summed E-state index contributed by atoms with van der Waals surface area (Å²) in [5.74, 6) is 0.803. The molecule has 1 saturated heterocycles. The van der Waals surface area contributed by atoms with E-state index in [1.54, 1.807) is 0 Å². The molecule has 0 radical (unpaired) electrons. The highest BCUT2D eigenvalue weighted by molar-refractivity contribution is 5.85. The molecule has 2 nitrogen and oxygen atoms in total. The van der Waals surface area contributed by atoms with Crippen LogP contribution in [0.25, 0.3) is 0 Å². The molecule has 0 aromatic carbocycles. The molecule has 0 aromatic rings. The maximum Gasteiger partial charge on any atom is 0.111 e. The first-order chi connectivity index (χ1) is 5.17. The van der Waals surface area contributed by atoms with E-state index in [4.69, 9.17) is 4.74 Å². The lowest BCUT2D eigenvalue weighted by atomic mass is 9.84. The molecule has 1 saturated carbocycles. The van der Waals surface area contributed by atoms with Crippen molar-refractivity contribution in [2.24, 2.45) is 5.92 Å². The second-order valence-corrected chi connectivity index (χ2v) is 4.45. The van der Waals surface area contributed by atoms with Crippen molar-refractivity contribution < 1.29 is 4.74 Å². The van der Waals surface area contributed by atoms with Crippen LogP contribution in [0.15, 0.2) is 0 Å². The number of nitrogens with one attached hydrogen (secondary N) is 1. The Hall–Kier alpha value is 0.210. The van der Waals surface area contributed by atoms with Crippen LogP contribution >= 0.6 is 12.4 Å². The average molecular weight is 192 g/mol. The number of hydrogen-bond donors (Lipinski definition) is 1.